The van der Waals surface area contributed by atoms with E-state index in [1.165, 1.54) is 0 Å². The SMILES string of the molecule is CCn1cc(OCCNCCCOC(C)C)cn1. The van der Waals surface area contributed by atoms with Gasteiger partial charge in [-0.2, -0.15) is 5.10 Å². The van der Waals surface area contributed by atoms with Crippen molar-refractivity contribution in [3.8, 4) is 5.75 Å². The Bertz CT molecular complexity index is 313. The van der Waals surface area contributed by atoms with E-state index in [0.29, 0.717) is 12.7 Å². The van der Waals surface area contributed by atoms with E-state index in [2.05, 4.69) is 31.2 Å². The molecular formula is C13H25N3O2. The van der Waals surface area contributed by atoms with E-state index >= 15 is 0 Å². The fourth-order valence-corrected chi connectivity index (χ4v) is 1.47. The molecule has 1 rings (SSSR count). The first-order chi connectivity index (χ1) is 8.72. The number of nitrogens with one attached hydrogen (secondary N) is 1. The van der Waals surface area contributed by atoms with Crippen LogP contribution in [0.4, 0.5) is 0 Å². The Labute approximate surface area is 109 Å². The summed E-state index contributed by atoms with van der Waals surface area (Å²) < 4.78 is 12.9. The molecule has 0 fully saturated rings. The van der Waals surface area contributed by atoms with Crippen LogP contribution < -0.4 is 10.1 Å². The molecule has 0 atom stereocenters. The van der Waals surface area contributed by atoms with Crippen molar-refractivity contribution in [1.29, 1.82) is 0 Å². The van der Waals surface area contributed by atoms with Crippen LogP contribution in [0.25, 0.3) is 0 Å². The molecule has 1 aromatic rings. The molecule has 18 heavy (non-hydrogen) atoms. The lowest BCUT2D eigenvalue weighted by Crippen LogP contribution is -2.23. The molecule has 0 saturated carbocycles. The Balaban J connectivity index is 1.92. The number of hydrogen-bond acceptors (Lipinski definition) is 4. The number of aryl methyl sites for hydroxylation is 1. The van der Waals surface area contributed by atoms with Crippen LogP contribution in [0.3, 0.4) is 0 Å². The molecule has 0 aliphatic carbocycles. The summed E-state index contributed by atoms with van der Waals surface area (Å²) in [7, 11) is 0. The third-order valence-corrected chi connectivity index (χ3v) is 2.43. The first-order valence-corrected chi connectivity index (χ1v) is 6.70. The largest absolute Gasteiger partial charge is 0.489 e. The molecule has 0 spiro atoms. The molecule has 1 N–H and O–H groups in total. The Hall–Kier alpha value is -1.07. The van der Waals surface area contributed by atoms with Crippen molar-refractivity contribution < 1.29 is 9.47 Å². The van der Waals surface area contributed by atoms with Gasteiger partial charge in [-0.25, -0.2) is 0 Å². The van der Waals surface area contributed by atoms with E-state index in [9.17, 15) is 0 Å². The van der Waals surface area contributed by atoms with Crippen LogP contribution in [0.1, 0.15) is 27.2 Å². The van der Waals surface area contributed by atoms with Crippen molar-refractivity contribution in [2.24, 2.45) is 0 Å². The van der Waals surface area contributed by atoms with Crippen molar-refractivity contribution in [3.63, 3.8) is 0 Å². The van der Waals surface area contributed by atoms with E-state index in [-0.39, 0.29) is 0 Å². The molecule has 0 bridgehead atoms. The summed E-state index contributed by atoms with van der Waals surface area (Å²) >= 11 is 0. The smallest absolute Gasteiger partial charge is 0.157 e. The first-order valence-electron chi connectivity index (χ1n) is 6.70. The quantitative estimate of drug-likeness (QED) is 0.646. The molecule has 1 aromatic heterocycles. The fraction of sp³-hybridized carbons (Fsp3) is 0.769. The Morgan fingerprint density at radius 3 is 2.83 bits per heavy atom. The highest BCUT2D eigenvalue weighted by molar-refractivity contribution is 5.11. The number of hydrogen-bond donors (Lipinski definition) is 1. The van der Waals surface area contributed by atoms with Gasteiger partial charge in [-0.1, -0.05) is 0 Å². The maximum Gasteiger partial charge on any atom is 0.157 e. The second-order valence-corrected chi connectivity index (χ2v) is 4.40. The summed E-state index contributed by atoms with van der Waals surface area (Å²) in [5.74, 6) is 0.835. The van der Waals surface area contributed by atoms with Crippen LogP contribution in [-0.2, 0) is 11.3 Å². The maximum atomic E-state index is 5.56. The highest BCUT2D eigenvalue weighted by atomic mass is 16.5. The van der Waals surface area contributed by atoms with Gasteiger partial charge in [0.2, 0.25) is 0 Å². The second-order valence-electron chi connectivity index (χ2n) is 4.40. The molecule has 5 heteroatoms. The van der Waals surface area contributed by atoms with E-state index in [0.717, 1.165) is 38.4 Å². The summed E-state index contributed by atoms with van der Waals surface area (Å²) in [6.45, 7) is 10.3. The fourth-order valence-electron chi connectivity index (χ4n) is 1.47. The Morgan fingerprint density at radius 2 is 2.17 bits per heavy atom. The average Bonchev–Trinajstić information content (AvgIpc) is 2.80. The number of nitrogens with zero attached hydrogens (tertiary/aromatic N) is 2. The minimum atomic E-state index is 0.323. The molecule has 0 saturated heterocycles. The third-order valence-electron chi connectivity index (χ3n) is 2.43. The van der Waals surface area contributed by atoms with Crippen molar-refractivity contribution >= 4 is 0 Å². The molecule has 0 radical (unpaired) electrons. The maximum absolute atomic E-state index is 5.56. The lowest BCUT2D eigenvalue weighted by atomic mass is 10.4. The molecular weight excluding hydrogens is 230 g/mol. The standard InChI is InChI=1S/C13H25N3O2/c1-4-16-11-13(10-15-16)18-9-7-14-6-5-8-17-12(2)3/h10-12,14H,4-9H2,1-3H3. The van der Waals surface area contributed by atoms with E-state index in [4.69, 9.17) is 9.47 Å². The van der Waals surface area contributed by atoms with Crippen LogP contribution in [0, 0.1) is 0 Å². The van der Waals surface area contributed by atoms with Crippen LogP contribution in [-0.4, -0.2) is 42.2 Å². The second kappa shape index (κ2) is 8.94. The van der Waals surface area contributed by atoms with Gasteiger partial charge in [-0.05, 0) is 33.7 Å². The number of rotatable bonds is 10. The van der Waals surface area contributed by atoms with Gasteiger partial charge in [0.1, 0.15) is 6.61 Å². The third kappa shape index (κ3) is 6.61. The molecule has 0 unspecified atom stereocenters. The molecule has 1 heterocycles. The van der Waals surface area contributed by atoms with Crippen molar-refractivity contribution in [3.05, 3.63) is 12.4 Å². The van der Waals surface area contributed by atoms with Gasteiger partial charge in [0.15, 0.2) is 5.75 Å². The van der Waals surface area contributed by atoms with Crippen LogP contribution >= 0.6 is 0 Å². The topological polar surface area (TPSA) is 48.3 Å². The van der Waals surface area contributed by atoms with Gasteiger partial charge in [-0.15, -0.1) is 0 Å². The monoisotopic (exact) mass is 255 g/mol. The van der Waals surface area contributed by atoms with Gasteiger partial charge in [-0.3, -0.25) is 4.68 Å². The van der Waals surface area contributed by atoms with E-state index in [1.807, 2.05) is 10.9 Å². The summed E-state index contributed by atoms with van der Waals surface area (Å²) in [5, 5.41) is 7.46. The minimum Gasteiger partial charge on any atom is -0.489 e. The number of ether oxygens (including phenoxy) is 2. The zero-order valence-electron chi connectivity index (χ0n) is 11.7. The zero-order chi connectivity index (χ0) is 13.2. The predicted molar refractivity (Wildman–Crippen MR) is 72.0 cm³/mol. The molecule has 5 nitrogen and oxygen atoms in total. The van der Waals surface area contributed by atoms with Crippen LogP contribution in [0.5, 0.6) is 5.75 Å². The molecule has 0 aromatic carbocycles. The lowest BCUT2D eigenvalue weighted by Gasteiger charge is -2.08. The summed E-state index contributed by atoms with van der Waals surface area (Å²) in [4.78, 5) is 0. The average molecular weight is 255 g/mol. The zero-order valence-corrected chi connectivity index (χ0v) is 11.7. The molecule has 0 aliphatic rings. The van der Waals surface area contributed by atoms with Gasteiger partial charge in [0, 0.05) is 19.7 Å². The van der Waals surface area contributed by atoms with Gasteiger partial charge < -0.3 is 14.8 Å². The Morgan fingerprint density at radius 1 is 1.33 bits per heavy atom. The van der Waals surface area contributed by atoms with E-state index in [1.54, 1.807) is 6.20 Å². The van der Waals surface area contributed by atoms with Gasteiger partial charge in [0.05, 0.1) is 18.5 Å². The highest BCUT2D eigenvalue weighted by Gasteiger charge is 1.97. The van der Waals surface area contributed by atoms with Crippen molar-refractivity contribution in [2.75, 3.05) is 26.3 Å². The molecule has 104 valence electrons. The molecule has 0 aliphatic heterocycles. The summed E-state index contributed by atoms with van der Waals surface area (Å²) in [5.41, 5.74) is 0. The lowest BCUT2D eigenvalue weighted by molar-refractivity contribution is 0.0770. The normalized spacial score (nSPS) is 11.1. The summed E-state index contributed by atoms with van der Waals surface area (Å²) in [6, 6.07) is 0. The highest BCUT2D eigenvalue weighted by Crippen LogP contribution is 2.07. The predicted octanol–water partition coefficient (Wildman–Crippen LogP) is 1.69. The minimum absolute atomic E-state index is 0.323. The van der Waals surface area contributed by atoms with Gasteiger partial charge in [0.25, 0.3) is 0 Å². The Kier molecular flexibility index (Phi) is 7.44. The molecule has 0 amide bonds. The first kappa shape index (κ1) is 15.0. The van der Waals surface area contributed by atoms with Gasteiger partial charge >= 0.3 is 0 Å². The van der Waals surface area contributed by atoms with E-state index < -0.39 is 0 Å². The van der Waals surface area contributed by atoms with Crippen LogP contribution in [0.2, 0.25) is 0 Å². The summed E-state index contributed by atoms with van der Waals surface area (Å²) in [6.07, 6.45) is 5.02. The number of aromatic nitrogens is 2. The van der Waals surface area contributed by atoms with Crippen LogP contribution in [0.15, 0.2) is 12.4 Å². The van der Waals surface area contributed by atoms with Crippen molar-refractivity contribution in [1.82, 2.24) is 15.1 Å². The van der Waals surface area contributed by atoms with Crippen molar-refractivity contribution in [2.45, 2.75) is 39.8 Å².